The highest BCUT2D eigenvalue weighted by molar-refractivity contribution is 6.10. The number of pyridine rings is 1. The van der Waals surface area contributed by atoms with E-state index < -0.39 is 5.82 Å². The van der Waals surface area contributed by atoms with Crippen LogP contribution in [-0.4, -0.2) is 17.7 Å². The second kappa shape index (κ2) is 6.71. The number of hydrogen-bond donors (Lipinski definition) is 3. The minimum atomic E-state index is -0.453. The molecule has 2 aromatic rings. The SMILES string of the molecule is CCN=CC(=CN)c1cnc(N)c(-c2ccc(N)cc2F)c1. The van der Waals surface area contributed by atoms with Crippen molar-refractivity contribution in [2.75, 3.05) is 18.0 Å². The number of nitrogens with zero attached hydrogens (tertiary/aromatic N) is 2. The summed E-state index contributed by atoms with van der Waals surface area (Å²) in [6, 6.07) is 6.17. The number of nitrogens with two attached hydrogens (primary N) is 3. The first-order chi connectivity index (χ1) is 10.6. The number of halogens is 1. The Labute approximate surface area is 128 Å². The molecule has 1 aromatic carbocycles. The van der Waals surface area contributed by atoms with Crippen LogP contribution in [0.15, 0.2) is 41.7 Å². The molecule has 114 valence electrons. The Morgan fingerprint density at radius 1 is 1.27 bits per heavy atom. The lowest BCUT2D eigenvalue weighted by molar-refractivity contribution is 0.632. The Balaban J connectivity index is 2.53. The lowest BCUT2D eigenvalue weighted by Gasteiger charge is -2.10. The maximum Gasteiger partial charge on any atom is 0.133 e. The van der Waals surface area contributed by atoms with E-state index in [9.17, 15) is 4.39 Å². The molecule has 1 aromatic heterocycles. The highest BCUT2D eigenvalue weighted by atomic mass is 19.1. The standard InChI is InChI=1S/C16H18FN5/c1-2-21-8-11(7-18)10-5-14(16(20)22-9-10)13-4-3-12(19)6-15(13)17/h3-9H,2,18-19H2,1H3,(H2,20,22). The van der Waals surface area contributed by atoms with Gasteiger partial charge >= 0.3 is 0 Å². The van der Waals surface area contributed by atoms with E-state index in [1.54, 1.807) is 30.6 Å². The molecule has 0 aliphatic carbocycles. The van der Waals surface area contributed by atoms with Crippen LogP contribution in [-0.2, 0) is 0 Å². The minimum absolute atomic E-state index is 0.233. The van der Waals surface area contributed by atoms with Crippen molar-refractivity contribution in [3.8, 4) is 11.1 Å². The maximum absolute atomic E-state index is 14.1. The number of allylic oxidation sites excluding steroid dienone is 1. The molecule has 6 heteroatoms. The Kier molecular flexibility index (Phi) is 4.73. The van der Waals surface area contributed by atoms with E-state index in [2.05, 4.69) is 9.98 Å². The van der Waals surface area contributed by atoms with Gasteiger partial charge < -0.3 is 17.2 Å². The summed E-state index contributed by atoms with van der Waals surface area (Å²) >= 11 is 0. The molecule has 0 spiro atoms. The first kappa shape index (κ1) is 15.5. The number of nitrogen functional groups attached to an aromatic ring is 2. The third kappa shape index (κ3) is 3.22. The Bertz CT molecular complexity index is 737. The van der Waals surface area contributed by atoms with Gasteiger partial charge in [-0.15, -0.1) is 0 Å². The average Bonchev–Trinajstić information content (AvgIpc) is 2.50. The van der Waals surface area contributed by atoms with Crippen molar-refractivity contribution >= 4 is 23.3 Å². The monoisotopic (exact) mass is 299 g/mol. The van der Waals surface area contributed by atoms with Gasteiger partial charge in [-0.1, -0.05) is 0 Å². The number of hydrogen-bond acceptors (Lipinski definition) is 5. The second-order valence-corrected chi connectivity index (χ2v) is 4.65. The Morgan fingerprint density at radius 3 is 2.68 bits per heavy atom. The molecule has 1 heterocycles. The van der Waals surface area contributed by atoms with E-state index >= 15 is 0 Å². The lowest BCUT2D eigenvalue weighted by Crippen LogP contribution is -2.00. The number of aromatic nitrogens is 1. The quantitative estimate of drug-likeness (QED) is 0.596. The molecule has 0 saturated heterocycles. The fourth-order valence-corrected chi connectivity index (χ4v) is 2.00. The molecule has 5 nitrogen and oxygen atoms in total. The molecule has 6 N–H and O–H groups in total. The van der Waals surface area contributed by atoms with Crippen LogP contribution in [0.2, 0.25) is 0 Å². The summed E-state index contributed by atoms with van der Waals surface area (Å²) in [5.74, 6) is -0.220. The van der Waals surface area contributed by atoms with Gasteiger partial charge in [-0.2, -0.15) is 0 Å². The molecule has 0 radical (unpaired) electrons. The van der Waals surface area contributed by atoms with Crippen LogP contribution in [0.5, 0.6) is 0 Å². The van der Waals surface area contributed by atoms with Crippen molar-refractivity contribution in [1.82, 2.24) is 4.98 Å². The second-order valence-electron chi connectivity index (χ2n) is 4.65. The molecule has 0 aliphatic heterocycles. The van der Waals surface area contributed by atoms with Gasteiger partial charge in [0.05, 0.1) is 0 Å². The molecule has 22 heavy (non-hydrogen) atoms. The molecule has 0 unspecified atom stereocenters. The van der Waals surface area contributed by atoms with E-state index in [0.717, 1.165) is 0 Å². The summed E-state index contributed by atoms with van der Waals surface area (Å²) in [6.07, 6.45) is 4.65. The van der Waals surface area contributed by atoms with Crippen LogP contribution in [0.4, 0.5) is 15.9 Å². The van der Waals surface area contributed by atoms with Crippen molar-refractivity contribution < 1.29 is 4.39 Å². The molecule has 0 fully saturated rings. The third-order valence-electron chi connectivity index (χ3n) is 3.13. The fourth-order valence-electron chi connectivity index (χ4n) is 2.00. The van der Waals surface area contributed by atoms with E-state index in [-0.39, 0.29) is 5.82 Å². The molecule has 2 rings (SSSR count). The molecule has 0 saturated carbocycles. The van der Waals surface area contributed by atoms with E-state index in [0.29, 0.717) is 34.5 Å². The predicted octanol–water partition coefficient (Wildman–Crippen LogP) is 2.44. The number of anilines is 2. The van der Waals surface area contributed by atoms with E-state index in [4.69, 9.17) is 17.2 Å². The number of rotatable bonds is 4. The predicted molar refractivity (Wildman–Crippen MR) is 89.7 cm³/mol. The van der Waals surface area contributed by atoms with Gasteiger partial charge in [-0.05, 0) is 31.2 Å². The van der Waals surface area contributed by atoms with E-state index in [1.165, 1.54) is 12.3 Å². The summed E-state index contributed by atoms with van der Waals surface area (Å²) in [5.41, 5.74) is 19.6. The van der Waals surface area contributed by atoms with Gasteiger partial charge in [-0.3, -0.25) is 4.99 Å². The smallest absolute Gasteiger partial charge is 0.133 e. The van der Waals surface area contributed by atoms with Crippen LogP contribution in [0.25, 0.3) is 16.7 Å². The minimum Gasteiger partial charge on any atom is -0.404 e. The Hall–Kier alpha value is -2.89. The van der Waals surface area contributed by atoms with Gasteiger partial charge in [0.1, 0.15) is 11.6 Å². The van der Waals surface area contributed by atoms with Gasteiger partial charge in [-0.25, -0.2) is 9.37 Å². The third-order valence-corrected chi connectivity index (χ3v) is 3.13. The first-order valence-electron chi connectivity index (χ1n) is 6.79. The summed E-state index contributed by atoms with van der Waals surface area (Å²) in [4.78, 5) is 8.27. The molecule has 0 bridgehead atoms. The molecule has 0 aliphatic rings. The summed E-state index contributed by atoms with van der Waals surface area (Å²) in [7, 11) is 0. The first-order valence-corrected chi connectivity index (χ1v) is 6.79. The summed E-state index contributed by atoms with van der Waals surface area (Å²) < 4.78 is 14.1. The van der Waals surface area contributed by atoms with Gasteiger partial charge in [0.2, 0.25) is 0 Å². The summed E-state index contributed by atoms with van der Waals surface area (Å²) in [5, 5.41) is 0. The van der Waals surface area contributed by atoms with Crippen molar-refractivity contribution in [1.29, 1.82) is 0 Å². The highest BCUT2D eigenvalue weighted by Gasteiger charge is 2.12. The number of benzene rings is 1. The maximum atomic E-state index is 14.1. The topological polar surface area (TPSA) is 103 Å². The lowest BCUT2D eigenvalue weighted by atomic mass is 10.0. The van der Waals surface area contributed by atoms with Crippen molar-refractivity contribution in [3.05, 3.63) is 48.0 Å². The molecule has 0 atom stereocenters. The van der Waals surface area contributed by atoms with Crippen LogP contribution in [0.1, 0.15) is 12.5 Å². The molecular weight excluding hydrogens is 281 g/mol. The van der Waals surface area contributed by atoms with E-state index in [1.807, 2.05) is 6.92 Å². The highest BCUT2D eigenvalue weighted by Crippen LogP contribution is 2.30. The zero-order chi connectivity index (χ0) is 16.1. The molecule has 0 amide bonds. The van der Waals surface area contributed by atoms with Gasteiger partial charge in [0.25, 0.3) is 0 Å². The largest absolute Gasteiger partial charge is 0.404 e. The summed E-state index contributed by atoms with van der Waals surface area (Å²) in [6.45, 7) is 2.56. The van der Waals surface area contributed by atoms with Crippen molar-refractivity contribution in [2.45, 2.75) is 6.92 Å². The van der Waals surface area contributed by atoms with Crippen LogP contribution >= 0.6 is 0 Å². The van der Waals surface area contributed by atoms with Crippen LogP contribution in [0.3, 0.4) is 0 Å². The average molecular weight is 299 g/mol. The zero-order valence-corrected chi connectivity index (χ0v) is 12.3. The van der Waals surface area contributed by atoms with Gasteiger partial charge in [0.15, 0.2) is 0 Å². The van der Waals surface area contributed by atoms with Gasteiger partial charge in [0, 0.05) is 53.1 Å². The fraction of sp³-hybridized carbons (Fsp3) is 0.125. The molecular formula is C16H18FN5. The Morgan fingerprint density at radius 2 is 2.05 bits per heavy atom. The van der Waals surface area contributed by atoms with Crippen LogP contribution < -0.4 is 17.2 Å². The normalized spacial score (nSPS) is 12.0. The van der Waals surface area contributed by atoms with Crippen molar-refractivity contribution in [2.24, 2.45) is 10.7 Å². The number of aliphatic imine (C=N–C) groups is 1. The van der Waals surface area contributed by atoms with Crippen LogP contribution in [0, 0.1) is 5.82 Å². The van der Waals surface area contributed by atoms with Crippen molar-refractivity contribution in [3.63, 3.8) is 0 Å². The zero-order valence-electron chi connectivity index (χ0n) is 12.3.